The second-order valence-electron chi connectivity index (χ2n) is 4.48. The van der Waals surface area contributed by atoms with Gasteiger partial charge in [0.2, 0.25) is 0 Å². The zero-order valence-corrected chi connectivity index (χ0v) is 10.4. The van der Waals surface area contributed by atoms with Gasteiger partial charge in [-0.1, -0.05) is 0 Å². The molecule has 18 heavy (non-hydrogen) atoms. The number of anilines is 1. The Kier molecular flexibility index (Phi) is 3.65. The van der Waals surface area contributed by atoms with Crippen LogP contribution in [0.25, 0.3) is 0 Å². The van der Waals surface area contributed by atoms with Gasteiger partial charge < -0.3 is 19.8 Å². The number of hydrogen-bond donors (Lipinski definition) is 2. The first-order valence-corrected chi connectivity index (χ1v) is 5.74. The van der Waals surface area contributed by atoms with E-state index in [0.29, 0.717) is 5.82 Å². The van der Waals surface area contributed by atoms with Gasteiger partial charge in [0.25, 0.3) is 0 Å². The summed E-state index contributed by atoms with van der Waals surface area (Å²) in [7, 11) is 3.59. The van der Waals surface area contributed by atoms with Crippen molar-refractivity contribution in [1.82, 2.24) is 9.55 Å². The first-order valence-electron chi connectivity index (χ1n) is 5.74. The monoisotopic (exact) mass is 255 g/mol. The predicted octanol–water partition coefficient (Wildman–Crippen LogP) is -1.05. The molecule has 0 aliphatic carbocycles. The third-order valence-corrected chi connectivity index (χ3v) is 2.97. The third kappa shape index (κ3) is 2.38. The van der Waals surface area contributed by atoms with Crippen molar-refractivity contribution in [3.8, 4) is 0 Å². The molecule has 0 bridgehead atoms. The third-order valence-electron chi connectivity index (χ3n) is 2.97. The van der Waals surface area contributed by atoms with Crippen LogP contribution in [-0.2, 0) is 4.74 Å². The zero-order chi connectivity index (χ0) is 13.3. The Labute approximate surface area is 104 Å². The highest BCUT2D eigenvalue weighted by atomic mass is 16.5. The average molecular weight is 255 g/mol. The Morgan fingerprint density at radius 3 is 2.83 bits per heavy atom. The van der Waals surface area contributed by atoms with Crippen LogP contribution in [0.3, 0.4) is 0 Å². The lowest BCUT2D eigenvalue weighted by Crippen LogP contribution is -2.29. The van der Waals surface area contributed by atoms with Crippen molar-refractivity contribution < 1.29 is 14.9 Å². The lowest BCUT2D eigenvalue weighted by Gasteiger charge is -2.16. The molecule has 1 aliphatic rings. The number of hydrogen-bond acceptors (Lipinski definition) is 6. The first-order chi connectivity index (χ1) is 8.52. The summed E-state index contributed by atoms with van der Waals surface area (Å²) in [5.41, 5.74) is -0.433. The van der Waals surface area contributed by atoms with E-state index in [2.05, 4.69) is 4.98 Å². The molecule has 3 atom stereocenters. The van der Waals surface area contributed by atoms with Crippen LogP contribution < -0.4 is 10.6 Å². The summed E-state index contributed by atoms with van der Waals surface area (Å²) in [6, 6.07) is 1.70. The minimum absolute atomic E-state index is 0.268. The molecule has 1 saturated heterocycles. The molecule has 1 fully saturated rings. The van der Waals surface area contributed by atoms with Gasteiger partial charge in [-0.2, -0.15) is 4.98 Å². The number of rotatable bonds is 3. The molecule has 2 rings (SSSR count). The number of aliphatic hydroxyl groups excluding tert-OH is 2. The number of nitrogens with zero attached hydrogens (tertiary/aromatic N) is 3. The van der Waals surface area contributed by atoms with Gasteiger partial charge in [-0.15, -0.1) is 0 Å². The summed E-state index contributed by atoms with van der Waals surface area (Å²) in [4.78, 5) is 17.5. The lowest BCUT2D eigenvalue weighted by molar-refractivity contribution is -0.0458. The molecule has 1 aliphatic heterocycles. The van der Waals surface area contributed by atoms with E-state index in [9.17, 15) is 9.90 Å². The SMILES string of the molecule is CN(C)c1ccn([C@@H]2C[C@@H](O)[C@H](CO)O2)c(=O)n1. The number of ether oxygens (including phenoxy) is 1. The molecule has 7 heteroatoms. The Morgan fingerprint density at radius 1 is 1.61 bits per heavy atom. The van der Waals surface area contributed by atoms with Crippen LogP contribution in [0.2, 0.25) is 0 Å². The van der Waals surface area contributed by atoms with Crippen LogP contribution in [0, 0.1) is 0 Å². The molecule has 0 spiro atoms. The van der Waals surface area contributed by atoms with Crippen LogP contribution in [0.15, 0.2) is 17.1 Å². The van der Waals surface area contributed by atoms with E-state index < -0.39 is 24.1 Å². The van der Waals surface area contributed by atoms with E-state index >= 15 is 0 Å². The summed E-state index contributed by atoms with van der Waals surface area (Å²) in [5, 5.41) is 18.6. The maximum absolute atomic E-state index is 11.8. The predicted molar refractivity (Wildman–Crippen MR) is 64.4 cm³/mol. The minimum Gasteiger partial charge on any atom is -0.394 e. The number of aliphatic hydroxyl groups is 2. The van der Waals surface area contributed by atoms with Crippen LogP contribution in [0.1, 0.15) is 12.6 Å². The molecule has 0 amide bonds. The first kappa shape index (κ1) is 13.0. The van der Waals surface area contributed by atoms with E-state index in [1.54, 1.807) is 31.3 Å². The quantitative estimate of drug-likeness (QED) is 0.716. The fraction of sp³-hybridized carbons (Fsp3) is 0.636. The smallest absolute Gasteiger partial charge is 0.351 e. The number of aromatic nitrogens is 2. The van der Waals surface area contributed by atoms with E-state index in [1.165, 1.54) is 4.57 Å². The van der Waals surface area contributed by atoms with Crippen molar-refractivity contribution in [3.63, 3.8) is 0 Å². The summed E-state index contributed by atoms with van der Waals surface area (Å²) in [6.45, 7) is -0.268. The van der Waals surface area contributed by atoms with Gasteiger partial charge >= 0.3 is 5.69 Å². The molecule has 0 saturated carbocycles. The second kappa shape index (κ2) is 5.05. The van der Waals surface area contributed by atoms with Crippen molar-refractivity contribution in [1.29, 1.82) is 0 Å². The average Bonchev–Trinajstić information content (AvgIpc) is 2.70. The van der Waals surface area contributed by atoms with Crippen molar-refractivity contribution in [2.45, 2.75) is 24.9 Å². The van der Waals surface area contributed by atoms with Gasteiger partial charge in [-0.3, -0.25) is 4.57 Å². The molecule has 0 unspecified atom stereocenters. The summed E-state index contributed by atoms with van der Waals surface area (Å²) >= 11 is 0. The standard InChI is InChI=1S/C11H17N3O4/c1-13(2)9-3-4-14(11(17)12-9)10-5-7(16)8(6-15)18-10/h3-4,7-8,10,15-16H,5-6H2,1-2H3/t7-,8+,10+/m1/s1. The summed E-state index contributed by atoms with van der Waals surface area (Å²) in [5.74, 6) is 0.563. The highest BCUT2D eigenvalue weighted by Crippen LogP contribution is 2.27. The van der Waals surface area contributed by atoms with Crippen molar-refractivity contribution in [3.05, 3.63) is 22.7 Å². The van der Waals surface area contributed by atoms with Gasteiger partial charge in [0.15, 0.2) is 0 Å². The molecule has 7 nitrogen and oxygen atoms in total. The molecular formula is C11H17N3O4. The molecular weight excluding hydrogens is 238 g/mol. The van der Waals surface area contributed by atoms with Crippen molar-refractivity contribution in [2.75, 3.05) is 25.6 Å². The van der Waals surface area contributed by atoms with Gasteiger partial charge in [0.05, 0.1) is 12.7 Å². The van der Waals surface area contributed by atoms with Crippen molar-refractivity contribution >= 4 is 5.82 Å². The Bertz CT molecular complexity index is 474. The topological polar surface area (TPSA) is 87.8 Å². The molecule has 100 valence electrons. The molecule has 0 radical (unpaired) electrons. The molecule has 2 heterocycles. The van der Waals surface area contributed by atoms with Gasteiger partial charge in [-0.25, -0.2) is 4.79 Å². The van der Waals surface area contributed by atoms with Crippen LogP contribution in [-0.4, -0.2) is 52.7 Å². The second-order valence-corrected chi connectivity index (χ2v) is 4.48. The van der Waals surface area contributed by atoms with Gasteiger partial charge in [0.1, 0.15) is 18.1 Å². The fourth-order valence-electron chi connectivity index (χ4n) is 1.92. The van der Waals surface area contributed by atoms with Gasteiger partial charge in [-0.05, 0) is 6.07 Å². The normalized spacial score (nSPS) is 27.4. The van der Waals surface area contributed by atoms with E-state index in [4.69, 9.17) is 9.84 Å². The van der Waals surface area contributed by atoms with E-state index in [-0.39, 0.29) is 13.0 Å². The maximum atomic E-state index is 11.8. The lowest BCUT2D eigenvalue weighted by atomic mass is 10.2. The summed E-state index contributed by atoms with van der Waals surface area (Å²) in [6.07, 6.45) is -0.125. The maximum Gasteiger partial charge on any atom is 0.351 e. The minimum atomic E-state index is -0.763. The molecule has 0 aromatic carbocycles. The van der Waals surface area contributed by atoms with Gasteiger partial charge in [0, 0.05) is 26.7 Å². The highest BCUT2D eigenvalue weighted by molar-refractivity contribution is 5.33. The van der Waals surface area contributed by atoms with Crippen LogP contribution in [0.5, 0.6) is 0 Å². The Balaban J connectivity index is 2.23. The molecule has 2 N–H and O–H groups in total. The fourth-order valence-corrected chi connectivity index (χ4v) is 1.92. The van der Waals surface area contributed by atoms with Crippen LogP contribution in [0.4, 0.5) is 5.82 Å². The largest absolute Gasteiger partial charge is 0.394 e. The summed E-state index contributed by atoms with van der Waals surface area (Å²) < 4.78 is 6.72. The van der Waals surface area contributed by atoms with E-state index in [1.807, 2.05) is 0 Å². The van der Waals surface area contributed by atoms with E-state index in [0.717, 1.165) is 0 Å². The van der Waals surface area contributed by atoms with Crippen molar-refractivity contribution in [2.24, 2.45) is 0 Å². The molecule has 1 aromatic rings. The molecule has 1 aromatic heterocycles. The Morgan fingerprint density at radius 2 is 2.33 bits per heavy atom. The zero-order valence-electron chi connectivity index (χ0n) is 10.4. The Hall–Kier alpha value is -1.44. The van der Waals surface area contributed by atoms with Crippen LogP contribution >= 0.6 is 0 Å². The highest BCUT2D eigenvalue weighted by Gasteiger charge is 2.34.